The fourth-order valence-electron chi connectivity index (χ4n) is 2.74. The van der Waals surface area contributed by atoms with Crippen LogP contribution in [0.15, 0.2) is 60.6 Å². The molecule has 0 fully saturated rings. The van der Waals surface area contributed by atoms with Crippen LogP contribution in [0.2, 0.25) is 0 Å². The average molecular weight is 303 g/mol. The monoisotopic (exact) mass is 303 g/mol. The highest BCUT2D eigenvalue weighted by Gasteiger charge is 2.05. The maximum atomic E-state index is 4.38. The Morgan fingerprint density at radius 2 is 1.87 bits per heavy atom. The second-order valence-electron chi connectivity index (χ2n) is 6.08. The molecule has 23 heavy (non-hydrogen) atoms. The SMILES string of the molecule is C=CC=Nc1ccc(CCc2ccc(C)cc2C(=C)C)cc1C. The van der Waals surface area contributed by atoms with Crippen LogP contribution in [-0.2, 0) is 12.8 Å². The van der Waals surface area contributed by atoms with E-state index >= 15 is 0 Å². The summed E-state index contributed by atoms with van der Waals surface area (Å²) in [5.41, 5.74) is 8.62. The quantitative estimate of drug-likeness (QED) is 0.579. The molecule has 0 aliphatic carbocycles. The van der Waals surface area contributed by atoms with Crippen molar-refractivity contribution in [1.29, 1.82) is 0 Å². The van der Waals surface area contributed by atoms with E-state index in [1.54, 1.807) is 12.3 Å². The second-order valence-corrected chi connectivity index (χ2v) is 6.08. The third-order valence-corrected chi connectivity index (χ3v) is 3.99. The van der Waals surface area contributed by atoms with Gasteiger partial charge in [0.15, 0.2) is 0 Å². The van der Waals surface area contributed by atoms with Crippen molar-refractivity contribution in [1.82, 2.24) is 0 Å². The Balaban J connectivity index is 2.15. The maximum Gasteiger partial charge on any atom is 0.0658 e. The zero-order valence-corrected chi connectivity index (χ0v) is 14.4. The van der Waals surface area contributed by atoms with Gasteiger partial charge in [-0.05, 0) is 61.9 Å². The van der Waals surface area contributed by atoms with Gasteiger partial charge >= 0.3 is 0 Å². The molecule has 0 bridgehead atoms. The van der Waals surface area contributed by atoms with Crippen LogP contribution in [0.5, 0.6) is 0 Å². The van der Waals surface area contributed by atoms with Gasteiger partial charge in [-0.15, -0.1) is 0 Å². The van der Waals surface area contributed by atoms with Crippen LogP contribution in [0.4, 0.5) is 5.69 Å². The van der Waals surface area contributed by atoms with Crippen molar-refractivity contribution < 1.29 is 0 Å². The number of nitrogens with zero attached hydrogens (tertiary/aromatic N) is 1. The Morgan fingerprint density at radius 3 is 2.52 bits per heavy atom. The number of benzene rings is 2. The van der Waals surface area contributed by atoms with Gasteiger partial charge in [-0.1, -0.05) is 60.7 Å². The number of aliphatic imine (C=N–C) groups is 1. The molecule has 2 rings (SSSR count). The molecule has 118 valence electrons. The third-order valence-electron chi connectivity index (χ3n) is 3.99. The van der Waals surface area contributed by atoms with Gasteiger partial charge in [-0.2, -0.15) is 0 Å². The van der Waals surface area contributed by atoms with E-state index in [-0.39, 0.29) is 0 Å². The molecule has 0 aliphatic rings. The highest BCUT2D eigenvalue weighted by Crippen LogP contribution is 2.23. The molecule has 0 atom stereocenters. The number of allylic oxidation sites excluding steroid dienone is 2. The molecule has 0 heterocycles. The lowest BCUT2D eigenvalue weighted by Gasteiger charge is -2.11. The fraction of sp³-hybridized carbons (Fsp3) is 0.227. The molecule has 2 aromatic carbocycles. The van der Waals surface area contributed by atoms with E-state index in [1.165, 1.54) is 27.8 Å². The predicted molar refractivity (Wildman–Crippen MR) is 103 cm³/mol. The molecule has 0 N–H and O–H groups in total. The van der Waals surface area contributed by atoms with E-state index in [0.29, 0.717) is 0 Å². The Hall–Kier alpha value is -2.41. The lowest BCUT2D eigenvalue weighted by molar-refractivity contribution is 0.952. The van der Waals surface area contributed by atoms with Crippen LogP contribution in [0.1, 0.15) is 34.7 Å². The summed E-state index contributed by atoms with van der Waals surface area (Å²) < 4.78 is 0. The standard InChI is InChI=1S/C22H25N/c1-6-13-23-22-12-9-19(15-18(22)5)8-11-20-10-7-17(4)14-21(20)16(2)3/h6-7,9-10,12-15H,1-2,8,11H2,3-5H3. The summed E-state index contributed by atoms with van der Waals surface area (Å²) in [7, 11) is 0. The first kappa shape index (κ1) is 17.0. The van der Waals surface area contributed by atoms with E-state index in [0.717, 1.165) is 24.1 Å². The van der Waals surface area contributed by atoms with E-state index < -0.39 is 0 Å². The largest absolute Gasteiger partial charge is 0.257 e. The average Bonchev–Trinajstić information content (AvgIpc) is 2.52. The van der Waals surface area contributed by atoms with Crippen LogP contribution >= 0.6 is 0 Å². The summed E-state index contributed by atoms with van der Waals surface area (Å²) in [4.78, 5) is 4.38. The maximum absolute atomic E-state index is 4.38. The lowest BCUT2D eigenvalue weighted by Crippen LogP contribution is -1.97. The second kappa shape index (κ2) is 7.73. The van der Waals surface area contributed by atoms with E-state index in [4.69, 9.17) is 0 Å². The summed E-state index contributed by atoms with van der Waals surface area (Å²) in [6, 6.07) is 13.1. The molecule has 1 heteroatoms. The normalized spacial score (nSPS) is 10.9. The first-order chi connectivity index (χ1) is 11.0. The van der Waals surface area contributed by atoms with Crippen molar-refractivity contribution in [2.75, 3.05) is 0 Å². The summed E-state index contributed by atoms with van der Waals surface area (Å²) >= 11 is 0. The van der Waals surface area contributed by atoms with E-state index in [9.17, 15) is 0 Å². The van der Waals surface area contributed by atoms with Crippen molar-refractivity contribution in [2.45, 2.75) is 33.6 Å². The first-order valence-corrected chi connectivity index (χ1v) is 8.01. The number of aryl methyl sites for hydroxylation is 4. The smallest absolute Gasteiger partial charge is 0.0658 e. The minimum absolute atomic E-state index is 1.01. The Morgan fingerprint density at radius 1 is 1.09 bits per heavy atom. The van der Waals surface area contributed by atoms with Gasteiger partial charge in [0.1, 0.15) is 0 Å². The molecule has 0 saturated carbocycles. The van der Waals surface area contributed by atoms with Crippen molar-refractivity contribution in [3.63, 3.8) is 0 Å². The third kappa shape index (κ3) is 4.53. The zero-order valence-electron chi connectivity index (χ0n) is 14.4. The van der Waals surface area contributed by atoms with Gasteiger partial charge in [0, 0.05) is 6.21 Å². The highest BCUT2D eigenvalue weighted by molar-refractivity contribution is 5.74. The van der Waals surface area contributed by atoms with Gasteiger partial charge in [-0.25, -0.2) is 0 Å². The summed E-state index contributed by atoms with van der Waals surface area (Å²) in [6.07, 6.45) is 5.48. The van der Waals surface area contributed by atoms with Crippen LogP contribution in [0, 0.1) is 13.8 Å². The summed E-state index contributed by atoms with van der Waals surface area (Å²) in [5, 5.41) is 0. The molecule has 1 nitrogen and oxygen atoms in total. The molecular formula is C22H25N. The van der Waals surface area contributed by atoms with Gasteiger partial charge in [0.05, 0.1) is 5.69 Å². The van der Waals surface area contributed by atoms with Crippen LogP contribution in [0.3, 0.4) is 0 Å². The highest BCUT2D eigenvalue weighted by atomic mass is 14.7. The van der Waals surface area contributed by atoms with Crippen molar-refractivity contribution >= 4 is 17.5 Å². The molecule has 0 aliphatic heterocycles. The van der Waals surface area contributed by atoms with E-state index in [1.807, 2.05) is 0 Å². The van der Waals surface area contributed by atoms with Crippen LogP contribution in [-0.4, -0.2) is 6.21 Å². The minimum atomic E-state index is 1.01. The molecule has 0 spiro atoms. The van der Waals surface area contributed by atoms with Gasteiger partial charge in [0.2, 0.25) is 0 Å². The fourth-order valence-corrected chi connectivity index (χ4v) is 2.74. The van der Waals surface area contributed by atoms with Gasteiger partial charge < -0.3 is 0 Å². The van der Waals surface area contributed by atoms with Crippen molar-refractivity contribution in [3.05, 3.63) is 83.4 Å². The van der Waals surface area contributed by atoms with Crippen molar-refractivity contribution in [3.8, 4) is 0 Å². The summed E-state index contributed by atoms with van der Waals surface area (Å²) in [6.45, 7) is 14.1. The van der Waals surface area contributed by atoms with Crippen LogP contribution < -0.4 is 0 Å². The Labute approximate surface area is 140 Å². The minimum Gasteiger partial charge on any atom is -0.257 e. The molecular weight excluding hydrogens is 278 g/mol. The van der Waals surface area contributed by atoms with E-state index in [2.05, 4.69) is 75.3 Å². The molecule has 0 amide bonds. The number of hydrogen-bond acceptors (Lipinski definition) is 1. The molecule has 0 unspecified atom stereocenters. The lowest BCUT2D eigenvalue weighted by atomic mass is 9.94. The number of hydrogen-bond donors (Lipinski definition) is 0. The predicted octanol–water partition coefficient (Wildman–Crippen LogP) is 6.01. The van der Waals surface area contributed by atoms with Gasteiger partial charge in [-0.3, -0.25) is 4.99 Å². The zero-order chi connectivity index (χ0) is 16.8. The first-order valence-electron chi connectivity index (χ1n) is 8.01. The Bertz CT molecular complexity index is 751. The van der Waals surface area contributed by atoms with Crippen LogP contribution in [0.25, 0.3) is 5.57 Å². The van der Waals surface area contributed by atoms with Crippen molar-refractivity contribution in [2.24, 2.45) is 4.99 Å². The molecule has 0 saturated heterocycles. The van der Waals surface area contributed by atoms with Gasteiger partial charge in [0.25, 0.3) is 0 Å². The molecule has 2 aromatic rings. The summed E-state index contributed by atoms with van der Waals surface area (Å²) in [5.74, 6) is 0. The molecule has 0 radical (unpaired) electrons. The topological polar surface area (TPSA) is 12.4 Å². The molecule has 0 aromatic heterocycles. The Kier molecular flexibility index (Phi) is 5.70. The number of rotatable bonds is 6.